The number of carbonyl (C=O) groups is 1. The number of nitrogens with one attached hydrogen (secondary N) is 1. The van der Waals surface area contributed by atoms with Crippen molar-refractivity contribution in [1.82, 2.24) is 10.3 Å². The Morgan fingerprint density at radius 3 is 2.93 bits per heavy atom. The van der Waals surface area contributed by atoms with Crippen molar-refractivity contribution in [2.45, 2.75) is 13.5 Å². The van der Waals surface area contributed by atoms with Crippen LogP contribution in [0.1, 0.15) is 20.8 Å². The van der Waals surface area contributed by atoms with Crippen LogP contribution >= 0.6 is 11.3 Å². The lowest BCUT2D eigenvalue weighted by Gasteiger charge is -2.05. The number of hydrogen-bond acceptors (Lipinski definition) is 6. The number of benzene rings is 2. The Bertz CT molecular complexity index is 1250. The standard InChI is InChI=1S/C21H17N3O3S/c1-11-2-4-15-13(6-11)8-14-18(22)19(28-21(14)24-15)20(25)23-9-12-3-5-16-17(7-12)27-10-26-16/h2-8H,9-10,22H2,1H3,(H,23,25). The van der Waals surface area contributed by atoms with Gasteiger partial charge in [-0.3, -0.25) is 4.79 Å². The third kappa shape index (κ3) is 2.80. The lowest BCUT2D eigenvalue weighted by molar-refractivity contribution is 0.0955. The molecule has 0 saturated carbocycles. The van der Waals surface area contributed by atoms with E-state index < -0.39 is 0 Å². The Balaban J connectivity index is 1.42. The van der Waals surface area contributed by atoms with Gasteiger partial charge >= 0.3 is 0 Å². The van der Waals surface area contributed by atoms with Crippen molar-refractivity contribution in [2.24, 2.45) is 0 Å². The fourth-order valence-electron chi connectivity index (χ4n) is 3.31. The summed E-state index contributed by atoms with van der Waals surface area (Å²) in [4.78, 5) is 18.6. The highest BCUT2D eigenvalue weighted by atomic mass is 32.1. The normalized spacial score (nSPS) is 12.6. The Morgan fingerprint density at radius 2 is 2.04 bits per heavy atom. The zero-order valence-electron chi connectivity index (χ0n) is 15.1. The molecule has 0 bridgehead atoms. The van der Waals surface area contributed by atoms with Crippen LogP contribution in [-0.2, 0) is 6.54 Å². The molecule has 6 nitrogen and oxygen atoms in total. The van der Waals surface area contributed by atoms with Gasteiger partial charge in [-0.15, -0.1) is 11.3 Å². The number of nitrogen functional groups attached to an aromatic ring is 1. The van der Waals surface area contributed by atoms with E-state index in [1.807, 2.05) is 43.3 Å². The first-order valence-electron chi connectivity index (χ1n) is 8.84. The first-order valence-corrected chi connectivity index (χ1v) is 9.66. The SMILES string of the molecule is Cc1ccc2nc3sc(C(=O)NCc4ccc5c(c4)OCO5)c(N)c3cc2c1. The van der Waals surface area contributed by atoms with E-state index in [1.54, 1.807) is 0 Å². The molecule has 1 aliphatic rings. The van der Waals surface area contributed by atoms with Gasteiger partial charge in [0.25, 0.3) is 5.91 Å². The van der Waals surface area contributed by atoms with Crippen molar-refractivity contribution in [3.63, 3.8) is 0 Å². The molecule has 2 aromatic heterocycles. The number of thiophene rings is 1. The topological polar surface area (TPSA) is 86.5 Å². The highest BCUT2D eigenvalue weighted by molar-refractivity contribution is 7.21. The number of ether oxygens (including phenoxy) is 2. The smallest absolute Gasteiger partial charge is 0.263 e. The van der Waals surface area contributed by atoms with Crippen LogP contribution in [-0.4, -0.2) is 17.7 Å². The second-order valence-electron chi connectivity index (χ2n) is 6.75. The number of fused-ring (bicyclic) bond motifs is 3. The minimum Gasteiger partial charge on any atom is -0.454 e. The number of hydrogen-bond donors (Lipinski definition) is 2. The summed E-state index contributed by atoms with van der Waals surface area (Å²) in [6.45, 7) is 2.64. The van der Waals surface area contributed by atoms with E-state index in [1.165, 1.54) is 11.3 Å². The Labute approximate surface area is 164 Å². The Kier molecular flexibility index (Phi) is 3.84. The van der Waals surface area contributed by atoms with Crippen LogP contribution in [0.3, 0.4) is 0 Å². The van der Waals surface area contributed by atoms with Gasteiger partial charge in [-0.2, -0.15) is 0 Å². The molecule has 2 aromatic carbocycles. The number of nitrogens with two attached hydrogens (primary N) is 1. The Hall–Kier alpha value is -3.32. The van der Waals surface area contributed by atoms with Gasteiger partial charge in [-0.1, -0.05) is 17.7 Å². The van der Waals surface area contributed by atoms with E-state index in [0.717, 1.165) is 38.0 Å². The molecule has 4 aromatic rings. The van der Waals surface area contributed by atoms with E-state index in [9.17, 15) is 4.79 Å². The van der Waals surface area contributed by atoms with Crippen molar-refractivity contribution in [2.75, 3.05) is 12.5 Å². The number of nitrogens with zero attached hydrogens (tertiary/aromatic N) is 1. The predicted octanol–water partition coefficient (Wildman–Crippen LogP) is 4.00. The summed E-state index contributed by atoms with van der Waals surface area (Å²) in [5.41, 5.74) is 9.74. The summed E-state index contributed by atoms with van der Waals surface area (Å²) in [5, 5.41) is 4.76. The summed E-state index contributed by atoms with van der Waals surface area (Å²) >= 11 is 1.31. The van der Waals surface area contributed by atoms with Gasteiger partial charge in [-0.05, 0) is 42.8 Å². The lowest BCUT2D eigenvalue weighted by Crippen LogP contribution is -2.22. The molecular formula is C21H17N3O3S. The van der Waals surface area contributed by atoms with Crippen LogP contribution in [0, 0.1) is 6.92 Å². The van der Waals surface area contributed by atoms with Crippen molar-refractivity contribution >= 4 is 44.1 Å². The summed E-state index contributed by atoms with van der Waals surface area (Å²) in [6, 6.07) is 13.7. The van der Waals surface area contributed by atoms with Gasteiger partial charge in [0.2, 0.25) is 6.79 Å². The van der Waals surface area contributed by atoms with E-state index in [2.05, 4.69) is 16.4 Å². The van der Waals surface area contributed by atoms with E-state index in [4.69, 9.17) is 15.2 Å². The quantitative estimate of drug-likeness (QED) is 0.551. The van der Waals surface area contributed by atoms with Crippen molar-refractivity contribution < 1.29 is 14.3 Å². The third-order valence-electron chi connectivity index (χ3n) is 4.77. The van der Waals surface area contributed by atoms with Crippen molar-refractivity contribution in [1.29, 1.82) is 0 Å². The van der Waals surface area contributed by atoms with Crippen LogP contribution in [0.4, 0.5) is 5.69 Å². The molecule has 0 atom stereocenters. The zero-order chi connectivity index (χ0) is 19.3. The summed E-state index contributed by atoms with van der Waals surface area (Å²) < 4.78 is 10.7. The first-order chi connectivity index (χ1) is 13.6. The fourth-order valence-corrected chi connectivity index (χ4v) is 4.31. The summed E-state index contributed by atoms with van der Waals surface area (Å²) in [6.07, 6.45) is 0. The molecule has 140 valence electrons. The van der Waals surface area contributed by atoms with Gasteiger partial charge in [0, 0.05) is 17.3 Å². The summed E-state index contributed by atoms with van der Waals surface area (Å²) in [5.74, 6) is 1.20. The highest BCUT2D eigenvalue weighted by Crippen LogP contribution is 2.35. The number of anilines is 1. The molecule has 0 radical (unpaired) electrons. The van der Waals surface area contributed by atoms with E-state index in [-0.39, 0.29) is 12.7 Å². The molecule has 0 saturated heterocycles. The third-order valence-corrected chi connectivity index (χ3v) is 5.88. The molecule has 7 heteroatoms. The number of amides is 1. The van der Waals surface area contributed by atoms with Crippen LogP contribution in [0.15, 0.2) is 42.5 Å². The molecule has 1 aliphatic heterocycles. The summed E-state index contributed by atoms with van der Waals surface area (Å²) in [7, 11) is 0. The maximum atomic E-state index is 12.7. The van der Waals surface area contributed by atoms with Gasteiger partial charge in [-0.25, -0.2) is 4.98 Å². The maximum Gasteiger partial charge on any atom is 0.263 e. The second kappa shape index (κ2) is 6.38. The molecule has 0 aliphatic carbocycles. The molecule has 5 rings (SSSR count). The molecule has 3 heterocycles. The predicted molar refractivity (Wildman–Crippen MR) is 110 cm³/mol. The molecular weight excluding hydrogens is 374 g/mol. The van der Waals surface area contributed by atoms with E-state index >= 15 is 0 Å². The van der Waals surface area contributed by atoms with E-state index in [0.29, 0.717) is 22.9 Å². The second-order valence-corrected chi connectivity index (χ2v) is 7.75. The fraction of sp³-hybridized carbons (Fsp3) is 0.143. The lowest BCUT2D eigenvalue weighted by atomic mass is 10.1. The number of aryl methyl sites for hydroxylation is 1. The highest BCUT2D eigenvalue weighted by Gasteiger charge is 2.18. The number of rotatable bonds is 3. The number of pyridine rings is 1. The molecule has 3 N–H and O–H groups in total. The molecule has 0 spiro atoms. The molecule has 28 heavy (non-hydrogen) atoms. The number of carbonyl (C=O) groups excluding carboxylic acids is 1. The van der Waals surface area contributed by atoms with Gasteiger partial charge in [0.15, 0.2) is 11.5 Å². The molecule has 0 unspecified atom stereocenters. The first kappa shape index (κ1) is 16.8. The molecule has 1 amide bonds. The van der Waals surface area contributed by atoms with Crippen molar-refractivity contribution in [3.05, 3.63) is 58.5 Å². The zero-order valence-corrected chi connectivity index (χ0v) is 15.9. The Morgan fingerprint density at radius 1 is 1.18 bits per heavy atom. The average molecular weight is 391 g/mol. The monoisotopic (exact) mass is 391 g/mol. The molecule has 0 fully saturated rings. The van der Waals surface area contributed by atoms with Crippen LogP contribution < -0.4 is 20.5 Å². The minimum absolute atomic E-state index is 0.210. The van der Waals surface area contributed by atoms with Gasteiger partial charge < -0.3 is 20.5 Å². The average Bonchev–Trinajstić information content (AvgIpc) is 3.28. The van der Waals surface area contributed by atoms with Crippen molar-refractivity contribution in [3.8, 4) is 11.5 Å². The van der Waals surface area contributed by atoms with Crippen LogP contribution in [0.2, 0.25) is 0 Å². The maximum absolute atomic E-state index is 12.7. The van der Waals surface area contributed by atoms with Crippen LogP contribution in [0.25, 0.3) is 21.1 Å². The van der Waals surface area contributed by atoms with Gasteiger partial charge in [0.1, 0.15) is 9.71 Å². The minimum atomic E-state index is -0.210. The van der Waals surface area contributed by atoms with Crippen LogP contribution in [0.5, 0.6) is 11.5 Å². The van der Waals surface area contributed by atoms with Gasteiger partial charge in [0.05, 0.1) is 11.2 Å². The number of aromatic nitrogens is 1. The largest absolute Gasteiger partial charge is 0.454 e.